The molecule has 0 bridgehead atoms. The third-order valence-corrected chi connectivity index (χ3v) is 9.22. The number of rotatable bonds is 8. The quantitative estimate of drug-likeness (QED) is 0.356. The summed E-state index contributed by atoms with van der Waals surface area (Å²) >= 11 is 12.6. The van der Waals surface area contributed by atoms with E-state index in [1.54, 1.807) is 17.9 Å². The predicted octanol–water partition coefficient (Wildman–Crippen LogP) is 5.20. The average molecular weight is 653 g/mol. The zero-order valence-corrected chi connectivity index (χ0v) is 27.4. The number of nitrogens with zero attached hydrogens (tertiary/aromatic N) is 5. The van der Waals surface area contributed by atoms with Gasteiger partial charge in [0.05, 0.1) is 21.7 Å². The van der Waals surface area contributed by atoms with E-state index in [4.69, 9.17) is 33.1 Å². The van der Waals surface area contributed by atoms with Gasteiger partial charge in [0, 0.05) is 84.2 Å². The van der Waals surface area contributed by atoms with Crippen LogP contribution >= 0.6 is 23.2 Å². The monoisotopic (exact) mass is 651 g/mol. The van der Waals surface area contributed by atoms with E-state index in [1.807, 2.05) is 60.5 Å². The molecule has 1 atom stereocenters. The number of hydrogen-bond donors (Lipinski definition) is 1. The molecular formula is C34H39Cl2N5O4. The first-order valence-electron chi connectivity index (χ1n) is 15.0. The van der Waals surface area contributed by atoms with E-state index >= 15 is 0 Å². The summed E-state index contributed by atoms with van der Waals surface area (Å²) in [6.45, 7) is 9.62. The molecule has 5 rings (SSSR count). The summed E-state index contributed by atoms with van der Waals surface area (Å²) < 4.78 is 0. The number of piperazine rings is 1. The molecule has 0 radical (unpaired) electrons. The Morgan fingerprint density at radius 3 is 2.29 bits per heavy atom. The van der Waals surface area contributed by atoms with Crippen LogP contribution in [0.5, 0.6) is 0 Å². The molecule has 3 aromatic carbocycles. The van der Waals surface area contributed by atoms with Crippen molar-refractivity contribution in [2.75, 3.05) is 59.4 Å². The van der Waals surface area contributed by atoms with Gasteiger partial charge >= 0.3 is 0 Å². The van der Waals surface area contributed by atoms with Crippen molar-refractivity contribution in [3.8, 4) is 6.07 Å². The largest absolute Gasteiger partial charge is 0.481 e. The zero-order chi connectivity index (χ0) is 32.7. The van der Waals surface area contributed by atoms with Gasteiger partial charge in [-0.2, -0.15) is 5.26 Å². The molecule has 2 aliphatic rings. The topological polar surface area (TPSA) is 108 Å². The molecule has 2 saturated heterocycles. The molecule has 2 heterocycles. The van der Waals surface area contributed by atoms with Gasteiger partial charge in [0.1, 0.15) is 0 Å². The van der Waals surface area contributed by atoms with Crippen molar-refractivity contribution < 1.29 is 19.5 Å². The van der Waals surface area contributed by atoms with Crippen molar-refractivity contribution in [2.24, 2.45) is 0 Å². The van der Waals surface area contributed by atoms with E-state index in [9.17, 15) is 14.9 Å². The summed E-state index contributed by atoms with van der Waals surface area (Å²) in [4.78, 5) is 43.0. The minimum absolute atomic E-state index is 0.0577. The van der Waals surface area contributed by atoms with E-state index in [0.29, 0.717) is 33.8 Å². The molecule has 9 nitrogen and oxygen atoms in total. The molecule has 0 aliphatic carbocycles. The first-order valence-corrected chi connectivity index (χ1v) is 15.8. The van der Waals surface area contributed by atoms with E-state index in [0.717, 1.165) is 75.5 Å². The summed E-state index contributed by atoms with van der Waals surface area (Å²) in [6, 6.07) is 19.6. The fraction of sp³-hybridized carbons (Fsp3) is 0.412. The number of benzene rings is 3. The third-order valence-electron chi connectivity index (χ3n) is 8.48. The molecule has 2 fully saturated rings. The fourth-order valence-corrected chi connectivity index (χ4v) is 6.30. The molecule has 0 aromatic heterocycles. The number of hydrogen-bond acceptors (Lipinski definition) is 6. The lowest BCUT2D eigenvalue weighted by atomic mass is 9.93. The lowest BCUT2D eigenvalue weighted by Crippen LogP contribution is -2.63. The summed E-state index contributed by atoms with van der Waals surface area (Å²) in [5.41, 5.74) is 2.05. The highest BCUT2D eigenvalue weighted by atomic mass is 35.5. The van der Waals surface area contributed by atoms with Crippen LogP contribution in [-0.4, -0.2) is 108 Å². The zero-order valence-electron chi connectivity index (χ0n) is 25.9. The Kier molecular flexibility index (Phi) is 11.8. The second-order valence-corrected chi connectivity index (χ2v) is 12.5. The summed E-state index contributed by atoms with van der Waals surface area (Å²) in [5.74, 6) is -0.734. The second-order valence-electron chi connectivity index (χ2n) is 11.7. The Balaban J connectivity index is 0.00000109. The molecule has 2 aliphatic heterocycles. The van der Waals surface area contributed by atoms with Gasteiger partial charge in [0.25, 0.3) is 11.9 Å². The highest BCUT2D eigenvalue weighted by Gasteiger charge is 2.34. The first kappa shape index (κ1) is 34.2. The number of amides is 2. The molecule has 238 valence electrons. The Morgan fingerprint density at radius 2 is 1.67 bits per heavy atom. The van der Waals surface area contributed by atoms with Crippen molar-refractivity contribution in [1.82, 2.24) is 19.6 Å². The lowest BCUT2D eigenvalue weighted by Gasteiger charge is -2.48. The van der Waals surface area contributed by atoms with Gasteiger partial charge in [-0.15, -0.1) is 0 Å². The Bertz CT molecular complexity index is 1570. The van der Waals surface area contributed by atoms with E-state index in [2.05, 4.69) is 15.9 Å². The average Bonchev–Trinajstić information content (AvgIpc) is 3.00. The molecule has 0 spiro atoms. The van der Waals surface area contributed by atoms with Crippen LogP contribution in [-0.2, 0) is 9.59 Å². The smallest absolute Gasteiger partial charge is 0.300 e. The summed E-state index contributed by atoms with van der Waals surface area (Å²) in [5, 5.41) is 19.7. The minimum atomic E-state index is -0.833. The summed E-state index contributed by atoms with van der Waals surface area (Å²) in [7, 11) is 1.82. The van der Waals surface area contributed by atoms with Crippen LogP contribution in [0.25, 0.3) is 10.8 Å². The third kappa shape index (κ3) is 8.95. The molecular weight excluding hydrogens is 613 g/mol. The van der Waals surface area contributed by atoms with Crippen LogP contribution in [0, 0.1) is 11.3 Å². The Hall–Kier alpha value is -3.68. The van der Waals surface area contributed by atoms with Gasteiger partial charge in [-0.3, -0.25) is 19.3 Å². The van der Waals surface area contributed by atoms with Crippen molar-refractivity contribution >= 4 is 51.8 Å². The standard InChI is InChI=1S/C32H35Cl2N5O2.C2H4O2/c1-22(40)38-11-13-39(14-12-38)27-20-37(21-27)10-9-26(24-7-8-30(33)31(34)17-24)19-36(2)32(41)29-16-23(18-35)15-25-5-3-4-6-28(25)29;1-2(3)4/h3-8,15-17,26-27H,9-14,19-21H2,1-2H3;1H3,(H,3,4)/t26-;/m1./s1. The molecule has 1 N–H and O–H groups in total. The van der Waals surface area contributed by atoms with Crippen LogP contribution in [0.2, 0.25) is 10.0 Å². The lowest BCUT2D eigenvalue weighted by molar-refractivity contribution is -0.134. The molecule has 0 unspecified atom stereocenters. The van der Waals surface area contributed by atoms with Crippen LogP contribution in [0.4, 0.5) is 0 Å². The number of likely N-dealkylation sites (N-methyl/N-ethyl adjacent to an activating group) is 1. The van der Waals surface area contributed by atoms with Crippen LogP contribution in [0.15, 0.2) is 54.6 Å². The normalized spacial score (nSPS) is 16.2. The SMILES string of the molecule is CC(=O)N1CCN(C2CN(CC[C@H](CN(C)C(=O)c3cc(C#N)cc4ccccc34)c3ccc(Cl)c(Cl)c3)C2)CC1.CC(=O)O. The van der Waals surface area contributed by atoms with Gasteiger partial charge in [0.15, 0.2) is 0 Å². The van der Waals surface area contributed by atoms with E-state index in [1.165, 1.54) is 0 Å². The number of carbonyl (C=O) groups is 3. The number of nitriles is 1. The fourth-order valence-electron chi connectivity index (χ4n) is 6.00. The molecule has 2 amide bonds. The number of halogens is 2. The molecule has 11 heteroatoms. The highest BCUT2D eigenvalue weighted by molar-refractivity contribution is 6.42. The number of carbonyl (C=O) groups excluding carboxylic acids is 2. The van der Waals surface area contributed by atoms with E-state index < -0.39 is 5.97 Å². The number of fused-ring (bicyclic) bond motifs is 1. The number of carboxylic acids is 1. The number of likely N-dealkylation sites (tertiary alicyclic amines) is 1. The molecule has 45 heavy (non-hydrogen) atoms. The second kappa shape index (κ2) is 15.5. The Morgan fingerprint density at radius 1 is 1.00 bits per heavy atom. The first-order chi connectivity index (χ1) is 21.5. The van der Waals surface area contributed by atoms with Crippen molar-refractivity contribution in [1.29, 1.82) is 5.26 Å². The maximum Gasteiger partial charge on any atom is 0.300 e. The highest BCUT2D eigenvalue weighted by Crippen LogP contribution is 2.31. The van der Waals surface area contributed by atoms with Gasteiger partial charge in [-0.25, -0.2) is 0 Å². The van der Waals surface area contributed by atoms with Crippen molar-refractivity contribution in [3.63, 3.8) is 0 Å². The molecule has 3 aromatic rings. The van der Waals surface area contributed by atoms with Crippen LogP contribution in [0.1, 0.15) is 47.7 Å². The number of aliphatic carboxylic acids is 1. The van der Waals surface area contributed by atoms with Gasteiger partial charge < -0.3 is 19.8 Å². The van der Waals surface area contributed by atoms with Crippen LogP contribution in [0.3, 0.4) is 0 Å². The molecule has 0 saturated carbocycles. The van der Waals surface area contributed by atoms with Crippen molar-refractivity contribution in [2.45, 2.75) is 32.2 Å². The van der Waals surface area contributed by atoms with E-state index in [-0.39, 0.29) is 17.7 Å². The van der Waals surface area contributed by atoms with Crippen molar-refractivity contribution in [3.05, 3.63) is 81.3 Å². The number of carboxylic acid groups (broad SMARTS) is 1. The van der Waals surface area contributed by atoms with Gasteiger partial charge in [-0.05, 0) is 53.6 Å². The Labute approximate surface area is 274 Å². The predicted molar refractivity (Wildman–Crippen MR) is 177 cm³/mol. The maximum absolute atomic E-state index is 13.7. The van der Waals surface area contributed by atoms with Crippen LogP contribution < -0.4 is 0 Å². The van der Waals surface area contributed by atoms with Gasteiger partial charge in [-0.1, -0.05) is 53.5 Å². The van der Waals surface area contributed by atoms with Gasteiger partial charge in [0.2, 0.25) is 5.91 Å². The minimum Gasteiger partial charge on any atom is -0.481 e. The maximum atomic E-state index is 13.7. The summed E-state index contributed by atoms with van der Waals surface area (Å²) in [6.07, 6.45) is 0.861.